The van der Waals surface area contributed by atoms with E-state index in [-0.39, 0.29) is 12.3 Å². The van der Waals surface area contributed by atoms with Crippen molar-refractivity contribution >= 4 is 0 Å². The smallest absolute Gasteiger partial charge is 0.134 e. The second-order valence-corrected chi connectivity index (χ2v) is 10.0. The second-order valence-electron chi connectivity index (χ2n) is 10.0. The molecule has 0 amide bonds. The van der Waals surface area contributed by atoms with Gasteiger partial charge in [0, 0.05) is 12.3 Å². The zero-order valence-electron chi connectivity index (χ0n) is 19.6. The lowest BCUT2D eigenvalue weighted by Crippen LogP contribution is -2.25. The van der Waals surface area contributed by atoms with Crippen LogP contribution in [0.25, 0.3) is 0 Å². The van der Waals surface area contributed by atoms with Gasteiger partial charge in [0.1, 0.15) is 11.7 Å². The molecule has 2 aliphatic rings. The van der Waals surface area contributed by atoms with Crippen molar-refractivity contribution < 1.29 is 8.78 Å². The Morgan fingerprint density at radius 1 is 0.903 bits per heavy atom. The molecule has 0 unspecified atom stereocenters. The van der Waals surface area contributed by atoms with Gasteiger partial charge in [-0.3, -0.25) is 0 Å². The molecule has 0 aromatic heterocycles. The molecule has 172 valence electrons. The number of hydrogen-bond acceptors (Lipinski definition) is 0. The SMILES string of the molecule is C=CCCC(F)=C(F)C1CCC(C2CCC(c3ccc(CCCCC)cc3)CC2)CC1. The van der Waals surface area contributed by atoms with Gasteiger partial charge < -0.3 is 0 Å². The normalized spacial score (nSPS) is 27.6. The van der Waals surface area contributed by atoms with E-state index >= 15 is 0 Å². The van der Waals surface area contributed by atoms with Crippen molar-refractivity contribution in [1.29, 1.82) is 0 Å². The Bertz CT molecular complexity index is 686. The van der Waals surface area contributed by atoms with Crippen LogP contribution in [-0.2, 0) is 6.42 Å². The summed E-state index contributed by atoms with van der Waals surface area (Å²) in [5.41, 5.74) is 2.99. The summed E-state index contributed by atoms with van der Waals surface area (Å²) in [4.78, 5) is 0. The summed E-state index contributed by atoms with van der Waals surface area (Å²) in [6.45, 7) is 5.85. The zero-order chi connectivity index (χ0) is 22.1. The molecule has 2 saturated carbocycles. The summed E-state index contributed by atoms with van der Waals surface area (Å²) in [6, 6.07) is 9.42. The van der Waals surface area contributed by atoms with Crippen molar-refractivity contribution in [3.05, 3.63) is 59.7 Å². The lowest BCUT2D eigenvalue weighted by atomic mass is 9.68. The average Bonchev–Trinajstić information content (AvgIpc) is 2.83. The summed E-state index contributed by atoms with van der Waals surface area (Å²) in [6.07, 6.45) is 16.4. The first-order chi connectivity index (χ1) is 15.1. The predicted molar refractivity (Wildman–Crippen MR) is 128 cm³/mol. The molecule has 0 heterocycles. The number of halogens is 2. The first-order valence-electron chi connectivity index (χ1n) is 12.9. The van der Waals surface area contributed by atoms with Crippen LogP contribution in [0.15, 0.2) is 48.6 Å². The highest BCUT2D eigenvalue weighted by atomic mass is 19.2. The van der Waals surface area contributed by atoms with Crippen LogP contribution in [0.3, 0.4) is 0 Å². The fourth-order valence-corrected chi connectivity index (χ4v) is 5.87. The van der Waals surface area contributed by atoms with Crippen LogP contribution in [0.1, 0.15) is 107 Å². The third kappa shape index (κ3) is 7.02. The summed E-state index contributed by atoms with van der Waals surface area (Å²) in [5.74, 6) is 0.998. The van der Waals surface area contributed by atoms with Crippen LogP contribution < -0.4 is 0 Å². The van der Waals surface area contributed by atoms with Gasteiger partial charge in [-0.15, -0.1) is 6.58 Å². The Morgan fingerprint density at radius 2 is 1.52 bits per heavy atom. The second kappa shape index (κ2) is 12.6. The van der Waals surface area contributed by atoms with E-state index in [1.807, 2.05) is 0 Å². The van der Waals surface area contributed by atoms with Gasteiger partial charge >= 0.3 is 0 Å². The van der Waals surface area contributed by atoms with Gasteiger partial charge in [-0.2, -0.15) is 0 Å². The minimum atomic E-state index is -0.541. The van der Waals surface area contributed by atoms with Crippen molar-refractivity contribution in [2.24, 2.45) is 17.8 Å². The van der Waals surface area contributed by atoms with Gasteiger partial charge in [0.05, 0.1) is 0 Å². The lowest BCUT2D eigenvalue weighted by Gasteiger charge is -2.37. The van der Waals surface area contributed by atoms with Gasteiger partial charge in [0.15, 0.2) is 0 Å². The van der Waals surface area contributed by atoms with Crippen molar-refractivity contribution in [2.75, 3.05) is 0 Å². The monoisotopic (exact) mass is 428 g/mol. The maximum Gasteiger partial charge on any atom is 0.134 e. The van der Waals surface area contributed by atoms with E-state index in [4.69, 9.17) is 0 Å². The number of benzene rings is 1. The molecule has 2 fully saturated rings. The largest absolute Gasteiger partial charge is 0.209 e. The van der Waals surface area contributed by atoms with Crippen LogP contribution >= 0.6 is 0 Å². The molecule has 0 radical (unpaired) electrons. The van der Waals surface area contributed by atoms with Crippen LogP contribution in [0.5, 0.6) is 0 Å². The van der Waals surface area contributed by atoms with Gasteiger partial charge in [0.25, 0.3) is 0 Å². The molecule has 1 aromatic carbocycles. The highest BCUT2D eigenvalue weighted by molar-refractivity contribution is 5.26. The minimum Gasteiger partial charge on any atom is -0.209 e. The molecule has 0 bridgehead atoms. The van der Waals surface area contributed by atoms with Crippen LogP contribution in [0, 0.1) is 17.8 Å². The van der Waals surface area contributed by atoms with E-state index in [2.05, 4.69) is 37.8 Å². The molecule has 1 aromatic rings. The van der Waals surface area contributed by atoms with Crippen LogP contribution in [0.2, 0.25) is 0 Å². The molecule has 0 aliphatic heterocycles. The Balaban J connectivity index is 1.43. The molecule has 0 N–H and O–H groups in total. The molecular formula is C29H42F2. The number of rotatable bonds is 10. The Morgan fingerprint density at radius 3 is 2.10 bits per heavy atom. The fraction of sp³-hybridized carbons (Fsp3) is 0.655. The standard InChI is InChI=1S/C29H42F2/c1-3-5-7-8-22-10-12-23(13-11-22)24-14-16-25(17-15-24)26-18-20-27(21-19-26)29(31)28(30)9-6-4-2/h4,10-13,24-27H,2-3,5-9,14-21H2,1H3. The predicted octanol–water partition coefficient (Wildman–Crippen LogP) is 9.62. The van der Waals surface area contributed by atoms with E-state index in [9.17, 15) is 8.78 Å². The first kappa shape index (κ1) is 24.2. The average molecular weight is 429 g/mol. The van der Waals surface area contributed by atoms with E-state index in [1.54, 1.807) is 6.08 Å². The summed E-state index contributed by atoms with van der Waals surface area (Å²) in [7, 11) is 0. The highest BCUT2D eigenvalue weighted by Gasteiger charge is 2.33. The van der Waals surface area contributed by atoms with E-state index in [1.165, 1.54) is 62.5 Å². The maximum atomic E-state index is 14.4. The van der Waals surface area contributed by atoms with E-state index in [0.717, 1.165) is 31.6 Å². The van der Waals surface area contributed by atoms with Crippen molar-refractivity contribution in [3.63, 3.8) is 0 Å². The quantitative estimate of drug-likeness (QED) is 0.257. The fourth-order valence-electron chi connectivity index (χ4n) is 5.87. The molecule has 0 atom stereocenters. The number of hydrogen-bond donors (Lipinski definition) is 0. The van der Waals surface area contributed by atoms with Crippen LogP contribution in [-0.4, -0.2) is 0 Å². The summed E-state index contributed by atoms with van der Waals surface area (Å²) < 4.78 is 28.4. The topological polar surface area (TPSA) is 0 Å². The van der Waals surface area contributed by atoms with Crippen molar-refractivity contribution in [2.45, 2.75) is 103 Å². The molecule has 0 spiro atoms. The first-order valence-corrected chi connectivity index (χ1v) is 12.9. The Labute approximate surface area is 189 Å². The Kier molecular flexibility index (Phi) is 9.81. The van der Waals surface area contributed by atoms with Crippen molar-refractivity contribution in [3.8, 4) is 0 Å². The molecule has 2 aliphatic carbocycles. The highest BCUT2D eigenvalue weighted by Crippen LogP contribution is 2.45. The molecule has 31 heavy (non-hydrogen) atoms. The molecule has 0 nitrogen and oxygen atoms in total. The lowest BCUT2D eigenvalue weighted by molar-refractivity contribution is 0.160. The Hall–Kier alpha value is -1.44. The van der Waals surface area contributed by atoms with Gasteiger partial charge in [-0.25, -0.2) is 8.78 Å². The van der Waals surface area contributed by atoms with Crippen molar-refractivity contribution in [1.82, 2.24) is 0 Å². The molecular weight excluding hydrogens is 386 g/mol. The number of unbranched alkanes of at least 4 members (excludes halogenated alkanes) is 2. The van der Waals surface area contributed by atoms with Gasteiger partial charge in [-0.1, -0.05) is 50.1 Å². The minimum absolute atomic E-state index is 0.166. The molecule has 0 saturated heterocycles. The van der Waals surface area contributed by atoms with Gasteiger partial charge in [-0.05, 0) is 99.5 Å². The van der Waals surface area contributed by atoms with E-state index in [0.29, 0.717) is 18.3 Å². The third-order valence-corrected chi connectivity index (χ3v) is 7.92. The zero-order valence-corrected chi connectivity index (χ0v) is 19.6. The number of allylic oxidation sites excluding steroid dienone is 3. The molecule has 2 heteroatoms. The summed E-state index contributed by atoms with van der Waals surface area (Å²) in [5, 5.41) is 0. The van der Waals surface area contributed by atoms with E-state index < -0.39 is 11.7 Å². The molecule has 3 rings (SSSR count). The summed E-state index contributed by atoms with van der Waals surface area (Å²) >= 11 is 0. The van der Waals surface area contributed by atoms with Gasteiger partial charge in [0.2, 0.25) is 0 Å². The number of aryl methyl sites for hydroxylation is 1. The van der Waals surface area contributed by atoms with Crippen LogP contribution in [0.4, 0.5) is 8.78 Å². The maximum absolute atomic E-state index is 14.4. The third-order valence-electron chi connectivity index (χ3n) is 7.92.